The van der Waals surface area contributed by atoms with Crippen LogP contribution in [0.2, 0.25) is 0 Å². The van der Waals surface area contributed by atoms with E-state index < -0.39 is 0 Å². The summed E-state index contributed by atoms with van der Waals surface area (Å²) in [6, 6.07) is 5.89. The van der Waals surface area contributed by atoms with E-state index in [4.69, 9.17) is 4.74 Å². The van der Waals surface area contributed by atoms with Gasteiger partial charge in [0.1, 0.15) is 11.6 Å². The highest BCUT2D eigenvalue weighted by Gasteiger charge is 2.06. The van der Waals surface area contributed by atoms with Crippen molar-refractivity contribution in [1.82, 2.24) is 14.9 Å². The molecule has 1 aromatic heterocycles. The zero-order chi connectivity index (χ0) is 18.5. The Balaban J connectivity index is 0.000000650. The number of methoxy groups -OCH3 is 1. The summed E-state index contributed by atoms with van der Waals surface area (Å²) in [5.41, 5.74) is 1.95. The molecule has 0 spiro atoms. The lowest BCUT2D eigenvalue weighted by atomic mass is 10.2. The number of aromatic nitrogens is 2. The van der Waals surface area contributed by atoms with Gasteiger partial charge in [-0.25, -0.2) is 9.97 Å². The van der Waals surface area contributed by atoms with Crippen LogP contribution in [-0.2, 0) is 6.54 Å². The highest BCUT2D eigenvalue weighted by Crippen LogP contribution is 2.21. The van der Waals surface area contributed by atoms with Crippen molar-refractivity contribution in [3.63, 3.8) is 0 Å². The number of aryl methyl sites for hydroxylation is 1. The molecule has 0 unspecified atom stereocenters. The molecule has 0 saturated carbocycles. The van der Waals surface area contributed by atoms with Gasteiger partial charge in [-0.05, 0) is 33.2 Å². The quantitative estimate of drug-likeness (QED) is 0.751. The molecule has 24 heavy (non-hydrogen) atoms. The van der Waals surface area contributed by atoms with Gasteiger partial charge < -0.3 is 9.64 Å². The van der Waals surface area contributed by atoms with Gasteiger partial charge in [0.05, 0.1) is 19.2 Å². The van der Waals surface area contributed by atoms with Crippen molar-refractivity contribution in [2.24, 2.45) is 0 Å². The zero-order valence-electron chi connectivity index (χ0n) is 16.8. The van der Waals surface area contributed by atoms with Crippen molar-refractivity contribution in [2.75, 3.05) is 21.2 Å². The van der Waals surface area contributed by atoms with E-state index in [-0.39, 0.29) is 0 Å². The Morgan fingerprint density at radius 1 is 1.04 bits per heavy atom. The van der Waals surface area contributed by atoms with Gasteiger partial charge in [0, 0.05) is 17.1 Å². The lowest BCUT2D eigenvalue weighted by molar-refractivity contribution is 0.390. The molecule has 1 aromatic carbocycles. The van der Waals surface area contributed by atoms with Crippen LogP contribution in [0.25, 0.3) is 10.9 Å². The fourth-order valence-corrected chi connectivity index (χ4v) is 2.16. The lowest BCUT2D eigenvalue weighted by Gasteiger charge is -2.10. The first-order valence-corrected chi connectivity index (χ1v) is 8.97. The van der Waals surface area contributed by atoms with Crippen LogP contribution in [0.3, 0.4) is 0 Å². The van der Waals surface area contributed by atoms with E-state index in [1.165, 1.54) is 19.3 Å². The minimum atomic E-state index is 0.744. The minimum Gasteiger partial charge on any atom is -0.497 e. The van der Waals surface area contributed by atoms with Crippen LogP contribution < -0.4 is 4.74 Å². The second-order valence-electron chi connectivity index (χ2n) is 5.70. The summed E-state index contributed by atoms with van der Waals surface area (Å²) in [7, 11) is 5.68. The maximum absolute atomic E-state index is 5.21. The maximum atomic E-state index is 5.21. The zero-order valence-corrected chi connectivity index (χ0v) is 16.8. The Hall–Kier alpha value is -1.68. The topological polar surface area (TPSA) is 38.2 Å². The predicted molar refractivity (Wildman–Crippen MR) is 105 cm³/mol. The van der Waals surface area contributed by atoms with Crippen molar-refractivity contribution in [1.29, 1.82) is 0 Å². The molecule has 4 heteroatoms. The Morgan fingerprint density at radius 3 is 2.12 bits per heavy atom. The third-order valence-corrected chi connectivity index (χ3v) is 3.31. The van der Waals surface area contributed by atoms with Gasteiger partial charge in [0.25, 0.3) is 0 Å². The van der Waals surface area contributed by atoms with Crippen molar-refractivity contribution in [3.05, 3.63) is 29.7 Å². The van der Waals surface area contributed by atoms with Crippen molar-refractivity contribution < 1.29 is 4.74 Å². The Morgan fingerprint density at radius 2 is 1.67 bits per heavy atom. The molecule has 0 bridgehead atoms. The Labute approximate surface area is 148 Å². The van der Waals surface area contributed by atoms with Crippen LogP contribution in [0.15, 0.2) is 18.2 Å². The largest absolute Gasteiger partial charge is 0.497 e. The molecule has 0 atom stereocenters. The molecule has 0 N–H and O–H groups in total. The number of hydrogen-bond acceptors (Lipinski definition) is 4. The SMILES string of the molecule is CC.CCCCC.COc1ccc2c(C)nc(CN(C)C)nc2c1. The molecular formula is C20H35N3O. The lowest BCUT2D eigenvalue weighted by Crippen LogP contribution is -2.13. The van der Waals surface area contributed by atoms with Crippen LogP contribution >= 0.6 is 0 Å². The van der Waals surface area contributed by atoms with Gasteiger partial charge in [0.2, 0.25) is 0 Å². The van der Waals surface area contributed by atoms with E-state index >= 15 is 0 Å². The predicted octanol–water partition coefficient (Wildman–Crippen LogP) is 5.23. The van der Waals surface area contributed by atoms with Crippen LogP contribution in [-0.4, -0.2) is 36.1 Å². The number of rotatable bonds is 5. The van der Waals surface area contributed by atoms with E-state index in [9.17, 15) is 0 Å². The standard InChI is InChI=1S/C13H17N3O.C5H12.C2H6/c1-9-11-6-5-10(17-4)7-12(11)15-13(14-9)8-16(2)3;1-3-5-4-2;1-2/h5-7H,8H2,1-4H3;3-5H2,1-2H3;1-2H3. The third kappa shape index (κ3) is 7.73. The molecule has 0 amide bonds. The average molecular weight is 334 g/mol. The Bertz CT molecular complexity index is 580. The van der Waals surface area contributed by atoms with E-state index in [0.29, 0.717) is 0 Å². The van der Waals surface area contributed by atoms with E-state index in [1.54, 1.807) is 7.11 Å². The van der Waals surface area contributed by atoms with Crippen LogP contribution in [0.5, 0.6) is 5.75 Å². The summed E-state index contributed by atoms with van der Waals surface area (Å²) in [5.74, 6) is 1.67. The van der Waals surface area contributed by atoms with Gasteiger partial charge in [-0.1, -0.05) is 47.0 Å². The molecule has 0 saturated heterocycles. The van der Waals surface area contributed by atoms with Gasteiger partial charge >= 0.3 is 0 Å². The number of hydrogen-bond donors (Lipinski definition) is 0. The summed E-state index contributed by atoms with van der Waals surface area (Å²) in [6.07, 6.45) is 4.08. The van der Waals surface area contributed by atoms with E-state index in [2.05, 4.69) is 28.7 Å². The molecule has 0 aliphatic rings. The van der Waals surface area contributed by atoms with Gasteiger partial charge in [-0.3, -0.25) is 0 Å². The monoisotopic (exact) mass is 333 g/mol. The van der Waals surface area contributed by atoms with Crippen LogP contribution in [0.4, 0.5) is 0 Å². The van der Waals surface area contributed by atoms with Gasteiger partial charge in [0.15, 0.2) is 0 Å². The summed E-state index contributed by atoms with van der Waals surface area (Å²) in [5, 5.41) is 1.08. The number of nitrogens with zero attached hydrogens (tertiary/aromatic N) is 3. The summed E-state index contributed by atoms with van der Waals surface area (Å²) in [4.78, 5) is 11.1. The Kier molecular flexibility index (Phi) is 11.8. The minimum absolute atomic E-state index is 0.744. The third-order valence-electron chi connectivity index (χ3n) is 3.31. The molecule has 0 aliphatic heterocycles. The van der Waals surface area contributed by atoms with Crippen molar-refractivity contribution in [2.45, 2.75) is 60.4 Å². The average Bonchev–Trinajstić information content (AvgIpc) is 2.57. The van der Waals surface area contributed by atoms with Gasteiger partial charge in [-0.2, -0.15) is 0 Å². The molecule has 0 aliphatic carbocycles. The van der Waals surface area contributed by atoms with Gasteiger partial charge in [-0.15, -0.1) is 0 Å². The van der Waals surface area contributed by atoms with E-state index in [1.807, 2.05) is 53.1 Å². The van der Waals surface area contributed by atoms with Crippen molar-refractivity contribution >= 4 is 10.9 Å². The molecule has 0 fully saturated rings. The van der Waals surface area contributed by atoms with Crippen LogP contribution in [0.1, 0.15) is 58.5 Å². The normalized spacial score (nSPS) is 9.88. The summed E-state index contributed by atoms with van der Waals surface area (Å²) in [6.45, 7) is 11.2. The second kappa shape index (κ2) is 12.7. The molecule has 2 aromatic rings. The first-order valence-electron chi connectivity index (χ1n) is 8.97. The molecule has 1 heterocycles. The smallest absolute Gasteiger partial charge is 0.143 e. The number of fused-ring (bicyclic) bond motifs is 1. The second-order valence-corrected chi connectivity index (χ2v) is 5.70. The van der Waals surface area contributed by atoms with Crippen LogP contribution in [0, 0.1) is 6.92 Å². The molecule has 136 valence electrons. The van der Waals surface area contributed by atoms with Crippen molar-refractivity contribution in [3.8, 4) is 5.75 Å². The number of unbranched alkanes of at least 4 members (excludes halogenated alkanes) is 2. The molecule has 2 rings (SSSR count). The molecule has 0 radical (unpaired) electrons. The number of benzene rings is 1. The summed E-state index contributed by atoms with van der Waals surface area (Å²) >= 11 is 0. The summed E-state index contributed by atoms with van der Waals surface area (Å²) < 4.78 is 5.21. The molecular weight excluding hydrogens is 298 g/mol. The fourth-order valence-electron chi connectivity index (χ4n) is 2.16. The van der Waals surface area contributed by atoms with E-state index in [0.717, 1.165) is 34.7 Å². The highest BCUT2D eigenvalue weighted by molar-refractivity contribution is 5.82. The number of ether oxygens (including phenoxy) is 1. The fraction of sp³-hybridized carbons (Fsp3) is 0.600. The first-order chi connectivity index (χ1) is 11.5. The highest BCUT2D eigenvalue weighted by atomic mass is 16.5. The maximum Gasteiger partial charge on any atom is 0.143 e. The first kappa shape index (κ1) is 22.3. The molecule has 4 nitrogen and oxygen atoms in total.